The van der Waals surface area contributed by atoms with Gasteiger partial charge in [0.05, 0.1) is 11.2 Å². The van der Waals surface area contributed by atoms with Crippen LogP contribution in [0.3, 0.4) is 0 Å². The molecule has 0 bridgehead atoms. The molecule has 0 saturated heterocycles. The van der Waals surface area contributed by atoms with Crippen molar-refractivity contribution in [2.45, 2.75) is 13.8 Å². The number of nitrogens with zero attached hydrogens (tertiary/aromatic N) is 6. The first-order chi connectivity index (χ1) is 17.0. The number of benzene rings is 1. The van der Waals surface area contributed by atoms with Crippen molar-refractivity contribution in [3.63, 3.8) is 0 Å². The van der Waals surface area contributed by atoms with Gasteiger partial charge in [0, 0.05) is 42.8 Å². The predicted molar refractivity (Wildman–Crippen MR) is 132 cm³/mol. The second-order valence-corrected chi connectivity index (χ2v) is 8.21. The van der Waals surface area contributed by atoms with E-state index < -0.39 is 11.8 Å². The van der Waals surface area contributed by atoms with Gasteiger partial charge >= 0.3 is 0 Å². The van der Waals surface area contributed by atoms with Gasteiger partial charge < -0.3 is 4.57 Å². The Labute approximate surface area is 202 Å². The Bertz CT molecular complexity index is 1580. The molecule has 4 aromatic rings. The van der Waals surface area contributed by atoms with Gasteiger partial charge in [-0.2, -0.15) is 5.26 Å². The number of carbonyl (C=O) groups is 2. The van der Waals surface area contributed by atoms with Crippen LogP contribution in [0.25, 0.3) is 34.3 Å². The SMILES string of the molecule is CCN1C(=O)C(C#N)=C(C)/C(=C/c2cc3c(nc(-c4cccnc4)n3C)n2-c2ccccc2)C1=O. The van der Waals surface area contributed by atoms with Gasteiger partial charge in [-0.25, -0.2) is 4.98 Å². The molecule has 1 aliphatic heterocycles. The minimum Gasteiger partial charge on any atom is -0.326 e. The van der Waals surface area contributed by atoms with E-state index >= 15 is 0 Å². The van der Waals surface area contributed by atoms with Gasteiger partial charge in [0.1, 0.15) is 17.5 Å². The van der Waals surface area contributed by atoms with Crippen LogP contribution in [0.15, 0.2) is 77.6 Å². The quantitative estimate of drug-likeness (QED) is 0.337. The van der Waals surface area contributed by atoms with Crippen molar-refractivity contribution >= 4 is 29.1 Å². The van der Waals surface area contributed by atoms with E-state index in [-0.39, 0.29) is 12.1 Å². The third-order valence-electron chi connectivity index (χ3n) is 6.24. The van der Waals surface area contributed by atoms with E-state index in [1.54, 1.807) is 32.3 Å². The second kappa shape index (κ2) is 8.54. The Hall–Kier alpha value is -4.77. The number of fused-ring (bicyclic) bond motifs is 1. The Morgan fingerprint density at radius 2 is 1.86 bits per heavy atom. The molecule has 0 saturated carbocycles. The summed E-state index contributed by atoms with van der Waals surface area (Å²) in [4.78, 5) is 36.0. The third kappa shape index (κ3) is 3.45. The first-order valence-electron chi connectivity index (χ1n) is 11.2. The highest BCUT2D eigenvalue weighted by Gasteiger charge is 2.34. The van der Waals surface area contributed by atoms with Crippen LogP contribution in [0.5, 0.6) is 0 Å². The lowest BCUT2D eigenvalue weighted by Crippen LogP contribution is -2.42. The topological polar surface area (TPSA) is 96.8 Å². The van der Waals surface area contributed by atoms with Crippen molar-refractivity contribution in [2.75, 3.05) is 6.54 Å². The molecule has 3 aromatic heterocycles. The van der Waals surface area contributed by atoms with Gasteiger partial charge in [-0.3, -0.25) is 24.0 Å². The van der Waals surface area contributed by atoms with E-state index in [4.69, 9.17) is 4.98 Å². The van der Waals surface area contributed by atoms with E-state index in [0.29, 0.717) is 16.8 Å². The molecule has 0 aliphatic carbocycles. The zero-order valence-corrected chi connectivity index (χ0v) is 19.6. The number of aromatic nitrogens is 4. The van der Waals surface area contributed by atoms with E-state index in [2.05, 4.69) is 4.98 Å². The largest absolute Gasteiger partial charge is 0.326 e. The summed E-state index contributed by atoms with van der Waals surface area (Å²) in [6.45, 7) is 3.54. The van der Waals surface area contributed by atoms with Gasteiger partial charge in [-0.05, 0) is 55.8 Å². The van der Waals surface area contributed by atoms with Crippen LogP contribution in [0, 0.1) is 11.3 Å². The summed E-state index contributed by atoms with van der Waals surface area (Å²) in [7, 11) is 1.94. The summed E-state index contributed by atoms with van der Waals surface area (Å²) in [6.07, 6.45) is 5.23. The fourth-order valence-electron chi connectivity index (χ4n) is 4.42. The van der Waals surface area contributed by atoms with Crippen LogP contribution in [0.4, 0.5) is 0 Å². The molecule has 0 radical (unpaired) electrons. The molecule has 8 nitrogen and oxygen atoms in total. The number of hydrogen-bond donors (Lipinski definition) is 0. The number of carbonyl (C=O) groups excluding carboxylic acids is 2. The number of imide groups is 1. The lowest BCUT2D eigenvalue weighted by atomic mass is 9.94. The highest BCUT2D eigenvalue weighted by atomic mass is 16.2. The summed E-state index contributed by atoms with van der Waals surface area (Å²) >= 11 is 0. The monoisotopic (exact) mass is 462 g/mol. The predicted octanol–water partition coefficient (Wildman–Crippen LogP) is 4.04. The van der Waals surface area contributed by atoms with Crippen LogP contribution >= 0.6 is 0 Å². The van der Waals surface area contributed by atoms with Gasteiger partial charge in [-0.1, -0.05) is 18.2 Å². The first kappa shape index (κ1) is 22.0. The smallest absolute Gasteiger partial charge is 0.271 e. The van der Waals surface area contributed by atoms with Crippen LogP contribution in [0.2, 0.25) is 0 Å². The van der Waals surface area contributed by atoms with Crippen molar-refractivity contribution in [1.29, 1.82) is 5.26 Å². The number of aryl methyl sites for hydroxylation is 1. The average Bonchev–Trinajstić information content (AvgIpc) is 3.39. The molecule has 0 spiro atoms. The summed E-state index contributed by atoms with van der Waals surface area (Å²) in [5, 5.41) is 9.59. The van der Waals surface area contributed by atoms with Gasteiger partial charge in [0.15, 0.2) is 5.65 Å². The number of amides is 2. The maximum Gasteiger partial charge on any atom is 0.271 e. The molecular weight excluding hydrogens is 440 g/mol. The fraction of sp³-hybridized carbons (Fsp3) is 0.148. The molecule has 0 unspecified atom stereocenters. The third-order valence-corrected chi connectivity index (χ3v) is 6.24. The standard InChI is InChI=1S/C27H22N6O2/c1-4-32-26(34)21(17(2)22(15-28)27(32)35)13-20-14-23-25(33(20)19-10-6-5-7-11-19)30-24(31(23)3)18-9-8-12-29-16-18/h5-14,16H,4H2,1-3H3/b21-13-. The number of imidazole rings is 1. The Kier molecular flexibility index (Phi) is 5.38. The van der Waals surface area contributed by atoms with Gasteiger partial charge in [0.25, 0.3) is 11.8 Å². The normalized spacial score (nSPS) is 15.4. The molecule has 8 heteroatoms. The van der Waals surface area contributed by atoms with Crippen LogP contribution in [0.1, 0.15) is 19.5 Å². The summed E-state index contributed by atoms with van der Waals surface area (Å²) < 4.78 is 3.96. The Morgan fingerprint density at radius 3 is 2.51 bits per heavy atom. The molecule has 35 heavy (non-hydrogen) atoms. The second-order valence-electron chi connectivity index (χ2n) is 8.21. The zero-order chi connectivity index (χ0) is 24.7. The Balaban J connectivity index is 1.78. The molecular formula is C27H22N6O2. The molecule has 4 heterocycles. The fourth-order valence-corrected chi connectivity index (χ4v) is 4.42. The highest BCUT2D eigenvalue weighted by molar-refractivity contribution is 6.19. The number of hydrogen-bond acceptors (Lipinski definition) is 5. The maximum absolute atomic E-state index is 13.2. The van der Waals surface area contributed by atoms with Crippen molar-refractivity contribution < 1.29 is 9.59 Å². The zero-order valence-electron chi connectivity index (χ0n) is 19.6. The molecule has 172 valence electrons. The summed E-state index contributed by atoms with van der Waals surface area (Å²) in [5.74, 6) is -0.199. The van der Waals surface area contributed by atoms with E-state index in [1.807, 2.05) is 70.8 Å². The maximum atomic E-state index is 13.2. The van der Waals surface area contributed by atoms with Crippen molar-refractivity contribution in [3.8, 4) is 23.1 Å². The van der Waals surface area contributed by atoms with Gasteiger partial charge in [-0.15, -0.1) is 0 Å². The van der Waals surface area contributed by atoms with Crippen molar-refractivity contribution in [3.05, 3.63) is 83.3 Å². The number of para-hydroxylation sites is 1. The van der Waals surface area contributed by atoms with E-state index in [9.17, 15) is 14.9 Å². The molecule has 0 atom stereocenters. The lowest BCUT2D eigenvalue weighted by molar-refractivity contribution is -0.140. The number of rotatable bonds is 4. The summed E-state index contributed by atoms with van der Waals surface area (Å²) in [6, 6.07) is 17.5. The van der Waals surface area contributed by atoms with E-state index in [0.717, 1.165) is 33.1 Å². The minimum absolute atomic E-state index is 0.0166. The molecule has 1 aromatic carbocycles. The molecule has 0 fully saturated rings. The minimum atomic E-state index is -0.555. The highest BCUT2D eigenvalue weighted by Crippen LogP contribution is 2.32. The summed E-state index contributed by atoms with van der Waals surface area (Å²) in [5.41, 5.74) is 4.74. The number of pyridine rings is 1. The lowest BCUT2D eigenvalue weighted by Gasteiger charge is -2.26. The molecule has 2 amide bonds. The van der Waals surface area contributed by atoms with Crippen LogP contribution in [-0.4, -0.2) is 42.4 Å². The molecule has 1 aliphatic rings. The molecule has 0 N–H and O–H groups in total. The first-order valence-corrected chi connectivity index (χ1v) is 11.2. The number of nitriles is 1. The van der Waals surface area contributed by atoms with Crippen LogP contribution in [-0.2, 0) is 16.6 Å². The van der Waals surface area contributed by atoms with Gasteiger partial charge in [0.2, 0.25) is 0 Å². The van der Waals surface area contributed by atoms with E-state index in [1.165, 1.54) is 0 Å². The number of likely N-dealkylation sites (N-methyl/N-ethyl adjacent to an activating group) is 1. The average molecular weight is 463 g/mol. The van der Waals surface area contributed by atoms with Crippen molar-refractivity contribution in [2.24, 2.45) is 7.05 Å². The Morgan fingerprint density at radius 1 is 1.09 bits per heavy atom. The molecule has 5 rings (SSSR count). The van der Waals surface area contributed by atoms with Crippen LogP contribution < -0.4 is 0 Å². The van der Waals surface area contributed by atoms with Crippen molar-refractivity contribution in [1.82, 2.24) is 24.0 Å².